The number of carboxylic acid groups (broad SMARTS) is 1. The van der Waals surface area contributed by atoms with E-state index in [-0.39, 0.29) is 12.8 Å². The summed E-state index contributed by atoms with van der Waals surface area (Å²) in [7, 11) is 2.54. The number of fused-ring (bicyclic) bond motifs is 1. The molecule has 2 fully saturated rings. The Morgan fingerprint density at radius 2 is 1.60 bits per heavy atom. The number of carbonyl (C=O) groups is 4. The number of ether oxygens (including phenoxy) is 5. The van der Waals surface area contributed by atoms with E-state index in [0.29, 0.717) is 5.56 Å². The van der Waals surface area contributed by atoms with Crippen LogP contribution in [0.2, 0.25) is 9.41 Å². The number of hydrogen-bond donors (Lipinski definition) is 3. The van der Waals surface area contributed by atoms with Crippen molar-refractivity contribution in [1.82, 2.24) is 6.15 Å². The third-order valence-electron chi connectivity index (χ3n) is 5.66. The Balaban J connectivity index is 0.00000165. The topological polar surface area (TPSA) is 226 Å². The SMILES string of the molecule is CC(=O)O.COC(=O)[C@H](C)[As]P(=O)(OC[C@H]1O[C@@H]([n+]2cccc(C(N)=O)c2)[C@@H]2OC(C)(C)O[C@@H]21)[As][C@@H](C)C(=O)OC.N. The summed E-state index contributed by atoms with van der Waals surface area (Å²) >= 11 is -2.26. The number of amides is 1. The van der Waals surface area contributed by atoms with E-state index in [1.54, 1.807) is 56.8 Å². The van der Waals surface area contributed by atoms with Crippen LogP contribution in [0, 0.1) is 0 Å². The molecule has 1 amide bonds. The largest absolute Gasteiger partial charge is 0.344 e. The molecular weight excluding hydrogens is 703 g/mol. The molecule has 1 aromatic rings. The molecule has 2 aliphatic heterocycles. The van der Waals surface area contributed by atoms with Crippen LogP contribution in [0.5, 0.6) is 0 Å². The second-order valence-electron chi connectivity index (χ2n) is 9.47. The number of pyridine rings is 1. The Morgan fingerprint density at radius 1 is 1.10 bits per heavy atom. The zero-order valence-corrected chi connectivity index (χ0v) is 29.1. The van der Waals surface area contributed by atoms with Crippen LogP contribution >= 0.6 is 4.49 Å². The summed E-state index contributed by atoms with van der Waals surface area (Å²) in [4.78, 5) is 44.8. The number of carbonyl (C=O) groups excluding carboxylic acids is 3. The molecule has 2 saturated heterocycles. The van der Waals surface area contributed by atoms with Crippen LogP contribution < -0.4 is 16.5 Å². The molecule has 236 valence electrons. The van der Waals surface area contributed by atoms with E-state index in [0.717, 1.165) is 6.92 Å². The van der Waals surface area contributed by atoms with Crippen LogP contribution in [0.15, 0.2) is 24.5 Å². The summed E-state index contributed by atoms with van der Waals surface area (Å²) in [6, 6.07) is 3.27. The molecule has 6 N–H and O–H groups in total. The molecular formula is C24H39As2N3O12P+. The second kappa shape index (κ2) is 16.3. The van der Waals surface area contributed by atoms with Crippen molar-refractivity contribution in [2.75, 3.05) is 20.8 Å². The fourth-order valence-electron chi connectivity index (χ4n) is 3.97. The molecule has 0 aromatic carbocycles. The molecule has 3 heterocycles. The van der Waals surface area contributed by atoms with E-state index in [2.05, 4.69) is 0 Å². The summed E-state index contributed by atoms with van der Waals surface area (Å²) in [6.45, 7) is 7.82. The Bertz CT molecular complexity index is 1140. The number of esters is 2. The third-order valence-corrected chi connectivity index (χ3v) is 24.5. The Morgan fingerprint density at radius 3 is 2.07 bits per heavy atom. The molecule has 42 heavy (non-hydrogen) atoms. The number of aromatic nitrogens is 1. The van der Waals surface area contributed by atoms with Crippen molar-refractivity contribution in [2.45, 2.75) is 74.4 Å². The molecule has 2 radical (unpaired) electrons. The molecule has 0 unspecified atom stereocenters. The molecule has 2 aliphatic rings. The van der Waals surface area contributed by atoms with Gasteiger partial charge in [-0.1, -0.05) is 0 Å². The minimum Gasteiger partial charge on any atom is -0.344 e. The van der Waals surface area contributed by atoms with Gasteiger partial charge in [0.25, 0.3) is 5.97 Å². The van der Waals surface area contributed by atoms with Gasteiger partial charge in [-0.3, -0.25) is 4.79 Å². The van der Waals surface area contributed by atoms with Crippen molar-refractivity contribution < 1.29 is 61.6 Å². The average Bonchev–Trinajstić information content (AvgIpc) is 3.38. The monoisotopic (exact) mass is 742 g/mol. The molecule has 6 atom stereocenters. The molecule has 0 saturated carbocycles. The van der Waals surface area contributed by atoms with Gasteiger partial charge in [-0.05, 0) is 0 Å². The molecule has 0 spiro atoms. The summed E-state index contributed by atoms with van der Waals surface area (Å²) < 4.78 is 45.2. The molecule has 15 nitrogen and oxygen atoms in total. The standard InChI is InChI=1S/C22H31As2N2O10P.C2H4O2.H3N/c1-12(20(28)31-5)23-37(30,24-13(2)21(29)32-6)33-11-15-16-17(36-22(3,4)35-16)19(34-15)26-9-7-8-14(10-26)18(25)27;1-2(3)4;/h7-10,12-13,15-17,19H,11H2,1-6H3,(H-,25,27);1H3,(H,3,4);1H3/p+1/t12-,13-,15+,16+,17+,19+;;/m0../s1. The molecule has 0 bridgehead atoms. The quantitative estimate of drug-likeness (QED) is 0.126. The normalized spacial score (nSPS) is 25.4. The van der Waals surface area contributed by atoms with Crippen molar-refractivity contribution in [1.29, 1.82) is 0 Å². The van der Waals surface area contributed by atoms with Gasteiger partial charge in [0.05, 0.1) is 0 Å². The second-order valence-corrected chi connectivity index (χ2v) is 28.4. The van der Waals surface area contributed by atoms with Crippen LogP contribution in [0.3, 0.4) is 0 Å². The minimum atomic E-state index is -3.36. The van der Waals surface area contributed by atoms with Crippen molar-refractivity contribution >= 4 is 58.9 Å². The van der Waals surface area contributed by atoms with Crippen LogP contribution in [0.4, 0.5) is 0 Å². The minimum absolute atomic E-state index is 0. The van der Waals surface area contributed by atoms with E-state index >= 15 is 0 Å². The van der Waals surface area contributed by atoms with Gasteiger partial charge in [0.2, 0.25) is 0 Å². The van der Waals surface area contributed by atoms with Gasteiger partial charge in [-0.25, -0.2) is 0 Å². The maximum Gasteiger partial charge on any atom is -0.344 e. The number of methoxy groups -OCH3 is 2. The molecule has 3 rings (SSSR count). The maximum atomic E-state index is 14.0. The number of nitrogens with zero attached hydrogens (tertiary/aromatic N) is 1. The van der Waals surface area contributed by atoms with Crippen LogP contribution in [-0.2, 0) is 47.2 Å². The van der Waals surface area contributed by atoms with Gasteiger partial charge in [-0.2, -0.15) is 0 Å². The molecule has 1 aromatic heterocycles. The van der Waals surface area contributed by atoms with Gasteiger partial charge in [0.1, 0.15) is 0 Å². The van der Waals surface area contributed by atoms with Crippen LogP contribution in [0.25, 0.3) is 0 Å². The number of primary amides is 1. The summed E-state index contributed by atoms with van der Waals surface area (Å²) in [5.41, 5.74) is 5.73. The predicted molar refractivity (Wildman–Crippen MR) is 149 cm³/mol. The summed E-state index contributed by atoms with van der Waals surface area (Å²) in [6.07, 6.45) is 0.866. The van der Waals surface area contributed by atoms with Gasteiger partial charge < -0.3 is 11.3 Å². The first-order valence-corrected chi connectivity index (χ1v) is 21.1. The number of hydrogen-bond acceptors (Lipinski definition) is 12. The molecule has 18 heteroatoms. The van der Waals surface area contributed by atoms with E-state index in [1.807, 2.05) is 0 Å². The van der Waals surface area contributed by atoms with Crippen molar-refractivity contribution in [3.63, 3.8) is 0 Å². The Labute approximate surface area is 257 Å². The average molecular weight is 742 g/mol. The smallest absolute Gasteiger partial charge is 0.344 e. The number of aliphatic carboxylic acids is 1. The fraction of sp³-hybridized carbons (Fsp3) is 0.625. The first kappa shape index (κ1) is 38.2. The molecule has 0 aliphatic carbocycles. The van der Waals surface area contributed by atoms with Gasteiger partial charge in [-0.15, -0.1) is 0 Å². The third kappa shape index (κ3) is 10.7. The van der Waals surface area contributed by atoms with Crippen LogP contribution in [0.1, 0.15) is 51.2 Å². The van der Waals surface area contributed by atoms with Crippen LogP contribution in [-0.4, -0.2) is 104 Å². The first-order valence-electron chi connectivity index (χ1n) is 12.4. The van der Waals surface area contributed by atoms with Crippen molar-refractivity contribution in [3.05, 3.63) is 30.1 Å². The van der Waals surface area contributed by atoms with E-state index in [9.17, 15) is 18.9 Å². The van der Waals surface area contributed by atoms with E-state index in [1.165, 1.54) is 14.2 Å². The zero-order valence-electron chi connectivity index (χ0n) is 24.5. The zero-order chi connectivity index (χ0) is 31.1. The number of rotatable bonds is 11. The van der Waals surface area contributed by atoms with E-state index < -0.39 is 98.6 Å². The van der Waals surface area contributed by atoms with Crippen molar-refractivity contribution in [3.8, 4) is 0 Å². The fourth-order valence-corrected chi connectivity index (χ4v) is 26.8. The number of carboxylic acids is 1. The summed E-state index contributed by atoms with van der Waals surface area (Å²) in [5, 5.41) is 7.42. The van der Waals surface area contributed by atoms with Gasteiger partial charge >= 0.3 is 229 Å². The van der Waals surface area contributed by atoms with Gasteiger partial charge in [0, 0.05) is 6.92 Å². The van der Waals surface area contributed by atoms with E-state index in [4.69, 9.17) is 43.8 Å². The van der Waals surface area contributed by atoms with Crippen molar-refractivity contribution in [2.24, 2.45) is 5.73 Å². The maximum absolute atomic E-state index is 14.0. The Kier molecular flexibility index (Phi) is 14.8. The Hall–Kier alpha value is -1.82. The number of nitrogens with two attached hydrogens (primary N) is 1. The first-order chi connectivity index (χ1) is 19.0. The predicted octanol–water partition coefficient (Wildman–Crippen LogP) is 1.24. The van der Waals surface area contributed by atoms with Gasteiger partial charge in [0.15, 0.2) is 0 Å². The summed E-state index contributed by atoms with van der Waals surface area (Å²) in [5.74, 6) is -3.28.